The van der Waals surface area contributed by atoms with Crippen LogP contribution in [-0.2, 0) is 4.74 Å². The highest BCUT2D eigenvalue weighted by Gasteiger charge is 2.21. The molecule has 0 aliphatic carbocycles. The van der Waals surface area contributed by atoms with E-state index in [2.05, 4.69) is 26.2 Å². The summed E-state index contributed by atoms with van der Waals surface area (Å²) < 4.78 is 5.38. The summed E-state index contributed by atoms with van der Waals surface area (Å²) in [7, 11) is 1.75. The van der Waals surface area contributed by atoms with E-state index in [1.165, 1.54) is 19.3 Å². The zero-order valence-corrected chi connectivity index (χ0v) is 10.1. The van der Waals surface area contributed by atoms with E-state index >= 15 is 0 Å². The van der Waals surface area contributed by atoms with Gasteiger partial charge >= 0.3 is 0 Å². The van der Waals surface area contributed by atoms with Gasteiger partial charge in [0.25, 0.3) is 0 Å². The van der Waals surface area contributed by atoms with Gasteiger partial charge in [0.1, 0.15) is 0 Å². The van der Waals surface area contributed by atoms with Gasteiger partial charge in [0.2, 0.25) is 0 Å². The van der Waals surface area contributed by atoms with Gasteiger partial charge in [-0.15, -0.1) is 0 Å². The summed E-state index contributed by atoms with van der Waals surface area (Å²) >= 11 is 0. The van der Waals surface area contributed by atoms with Crippen molar-refractivity contribution < 1.29 is 4.74 Å². The molecule has 3 heteroatoms. The quantitative estimate of drug-likeness (QED) is 0.360. The standard InChI is InChI=1S/C11H26N2O/c1-5-6-7-8-10(13-12)9-11(2,3)14-4/h10,13H,5-9,12H2,1-4H3. The van der Waals surface area contributed by atoms with E-state index in [9.17, 15) is 0 Å². The summed E-state index contributed by atoms with van der Waals surface area (Å²) in [6, 6.07) is 0.372. The summed E-state index contributed by atoms with van der Waals surface area (Å²) in [5, 5.41) is 0. The number of ether oxygens (including phenoxy) is 1. The van der Waals surface area contributed by atoms with Crippen LogP contribution in [0.4, 0.5) is 0 Å². The molecule has 0 aliphatic rings. The molecule has 0 fully saturated rings. The van der Waals surface area contributed by atoms with Crippen LogP contribution in [0, 0.1) is 0 Å². The Bertz CT molecular complexity index is 137. The fourth-order valence-corrected chi connectivity index (χ4v) is 1.56. The molecule has 0 heterocycles. The van der Waals surface area contributed by atoms with Gasteiger partial charge in [0, 0.05) is 13.2 Å². The number of rotatable bonds is 8. The van der Waals surface area contributed by atoms with Gasteiger partial charge in [-0.2, -0.15) is 0 Å². The second-order valence-corrected chi connectivity index (χ2v) is 4.53. The third-order valence-electron chi connectivity index (χ3n) is 2.68. The molecule has 1 atom stereocenters. The fraction of sp³-hybridized carbons (Fsp3) is 1.00. The van der Waals surface area contributed by atoms with Gasteiger partial charge in [-0.25, -0.2) is 0 Å². The lowest BCUT2D eigenvalue weighted by atomic mass is 9.95. The van der Waals surface area contributed by atoms with Crippen molar-refractivity contribution in [2.75, 3.05) is 7.11 Å². The minimum Gasteiger partial charge on any atom is -0.379 e. The molecule has 0 radical (unpaired) electrons. The number of methoxy groups -OCH3 is 1. The predicted octanol–water partition coefficient (Wildman–Crippen LogP) is 2.21. The van der Waals surface area contributed by atoms with Crippen molar-refractivity contribution >= 4 is 0 Å². The minimum absolute atomic E-state index is 0.0801. The number of unbranched alkanes of at least 4 members (excludes halogenated alkanes) is 2. The molecule has 0 saturated heterocycles. The van der Waals surface area contributed by atoms with Gasteiger partial charge in [0.15, 0.2) is 0 Å². The van der Waals surface area contributed by atoms with Crippen LogP contribution in [0.15, 0.2) is 0 Å². The van der Waals surface area contributed by atoms with Crippen molar-refractivity contribution in [3.63, 3.8) is 0 Å². The van der Waals surface area contributed by atoms with Crippen LogP contribution in [0.5, 0.6) is 0 Å². The van der Waals surface area contributed by atoms with E-state index in [0.717, 1.165) is 12.8 Å². The van der Waals surface area contributed by atoms with Gasteiger partial charge in [-0.05, 0) is 26.7 Å². The molecule has 0 spiro atoms. The van der Waals surface area contributed by atoms with Crippen LogP contribution in [0.3, 0.4) is 0 Å². The van der Waals surface area contributed by atoms with Gasteiger partial charge < -0.3 is 4.74 Å². The van der Waals surface area contributed by atoms with Gasteiger partial charge in [-0.1, -0.05) is 26.2 Å². The molecular formula is C11H26N2O. The Morgan fingerprint density at radius 1 is 1.36 bits per heavy atom. The van der Waals surface area contributed by atoms with Crippen LogP contribution in [-0.4, -0.2) is 18.8 Å². The smallest absolute Gasteiger partial charge is 0.0638 e. The molecule has 0 amide bonds. The lowest BCUT2D eigenvalue weighted by Gasteiger charge is -2.28. The average molecular weight is 202 g/mol. The van der Waals surface area contributed by atoms with E-state index in [4.69, 9.17) is 10.6 Å². The molecule has 0 rings (SSSR count). The molecule has 0 bridgehead atoms. The Labute approximate surface area is 88.4 Å². The third kappa shape index (κ3) is 6.35. The van der Waals surface area contributed by atoms with Crippen molar-refractivity contribution in [2.45, 2.75) is 64.5 Å². The number of hydrogen-bond acceptors (Lipinski definition) is 3. The lowest BCUT2D eigenvalue weighted by molar-refractivity contribution is 0.00617. The number of hydrogen-bond donors (Lipinski definition) is 2. The Morgan fingerprint density at radius 2 is 2.00 bits per heavy atom. The topological polar surface area (TPSA) is 47.3 Å². The maximum Gasteiger partial charge on any atom is 0.0638 e. The van der Waals surface area contributed by atoms with E-state index in [-0.39, 0.29) is 5.60 Å². The second-order valence-electron chi connectivity index (χ2n) is 4.53. The molecule has 3 N–H and O–H groups in total. The molecule has 1 unspecified atom stereocenters. The zero-order valence-electron chi connectivity index (χ0n) is 10.1. The molecule has 0 aliphatic heterocycles. The molecule has 86 valence electrons. The fourth-order valence-electron chi connectivity index (χ4n) is 1.56. The summed E-state index contributed by atoms with van der Waals surface area (Å²) in [6.07, 6.45) is 5.88. The lowest BCUT2D eigenvalue weighted by Crippen LogP contribution is -2.41. The predicted molar refractivity (Wildman–Crippen MR) is 61.0 cm³/mol. The first kappa shape index (κ1) is 13.9. The van der Waals surface area contributed by atoms with Crippen LogP contribution in [0.1, 0.15) is 52.9 Å². The van der Waals surface area contributed by atoms with Crippen molar-refractivity contribution in [3.8, 4) is 0 Å². The first-order chi connectivity index (χ1) is 6.55. The third-order valence-corrected chi connectivity index (χ3v) is 2.68. The van der Waals surface area contributed by atoms with Gasteiger partial charge in [-0.3, -0.25) is 11.3 Å². The summed E-state index contributed by atoms with van der Waals surface area (Å²) in [5.74, 6) is 5.51. The molecule has 3 nitrogen and oxygen atoms in total. The number of nitrogens with one attached hydrogen (secondary N) is 1. The highest BCUT2D eigenvalue weighted by Crippen LogP contribution is 2.18. The van der Waals surface area contributed by atoms with Crippen molar-refractivity contribution in [3.05, 3.63) is 0 Å². The molecule has 14 heavy (non-hydrogen) atoms. The summed E-state index contributed by atoms with van der Waals surface area (Å²) in [6.45, 7) is 6.40. The Balaban J connectivity index is 3.78. The second kappa shape index (κ2) is 7.21. The Hall–Kier alpha value is -0.120. The van der Waals surface area contributed by atoms with E-state index in [0.29, 0.717) is 6.04 Å². The monoisotopic (exact) mass is 202 g/mol. The minimum atomic E-state index is -0.0801. The Morgan fingerprint density at radius 3 is 2.43 bits per heavy atom. The van der Waals surface area contributed by atoms with Crippen molar-refractivity contribution in [1.82, 2.24) is 5.43 Å². The highest BCUT2D eigenvalue weighted by atomic mass is 16.5. The average Bonchev–Trinajstić information content (AvgIpc) is 2.16. The molecule has 0 aromatic rings. The first-order valence-electron chi connectivity index (χ1n) is 5.57. The largest absolute Gasteiger partial charge is 0.379 e. The normalized spacial score (nSPS) is 14.4. The van der Waals surface area contributed by atoms with Crippen molar-refractivity contribution in [1.29, 1.82) is 0 Å². The maximum atomic E-state index is 5.51. The number of hydrazine groups is 1. The SMILES string of the molecule is CCCCCC(CC(C)(C)OC)NN. The van der Waals surface area contributed by atoms with Crippen LogP contribution >= 0.6 is 0 Å². The molecular weight excluding hydrogens is 176 g/mol. The van der Waals surface area contributed by atoms with Crippen LogP contribution < -0.4 is 11.3 Å². The molecule has 0 aromatic heterocycles. The highest BCUT2D eigenvalue weighted by molar-refractivity contribution is 4.76. The Kier molecular flexibility index (Phi) is 7.15. The van der Waals surface area contributed by atoms with E-state index in [1.54, 1.807) is 7.11 Å². The van der Waals surface area contributed by atoms with E-state index in [1.807, 2.05) is 0 Å². The summed E-state index contributed by atoms with van der Waals surface area (Å²) in [5.41, 5.74) is 2.79. The van der Waals surface area contributed by atoms with Crippen LogP contribution in [0.2, 0.25) is 0 Å². The van der Waals surface area contributed by atoms with Crippen LogP contribution in [0.25, 0.3) is 0 Å². The maximum absolute atomic E-state index is 5.51. The first-order valence-corrected chi connectivity index (χ1v) is 5.57. The number of nitrogens with two attached hydrogens (primary N) is 1. The zero-order chi connectivity index (χ0) is 11.0. The van der Waals surface area contributed by atoms with Crippen molar-refractivity contribution in [2.24, 2.45) is 5.84 Å². The molecule has 0 saturated carbocycles. The van der Waals surface area contributed by atoms with Gasteiger partial charge in [0.05, 0.1) is 5.60 Å². The molecule has 0 aromatic carbocycles. The van der Waals surface area contributed by atoms with E-state index < -0.39 is 0 Å². The summed E-state index contributed by atoms with van der Waals surface area (Å²) in [4.78, 5) is 0.